The number of aromatic nitrogens is 3. The number of H-pyrrole nitrogens is 1. The number of carbonyl (C=O) groups is 1. The molecular weight excluding hydrogens is 462 g/mol. The Morgan fingerprint density at radius 1 is 1.38 bits per heavy atom. The number of nitrogens with zero attached hydrogens (tertiary/aromatic N) is 2. The van der Waals surface area contributed by atoms with Crippen molar-refractivity contribution < 1.29 is 9.53 Å². The molecule has 1 aliphatic rings. The third-order valence-electron chi connectivity index (χ3n) is 5.83. The first kappa shape index (κ1) is 21.6. The maximum absolute atomic E-state index is 13.0. The van der Waals surface area contributed by atoms with Gasteiger partial charge in [-0.3, -0.25) is 9.59 Å². The lowest BCUT2D eigenvalue weighted by Gasteiger charge is -2.14. The summed E-state index contributed by atoms with van der Waals surface area (Å²) in [7, 11) is 0. The number of aromatic amines is 1. The van der Waals surface area contributed by atoms with Gasteiger partial charge in [-0.1, -0.05) is 17.8 Å². The summed E-state index contributed by atoms with van der Waals surface area (Å²) < 4.78 is 7.94. The fraction of sp³-hybridized carbons (Fsp3) is 0.348. The molecule has 5 heterocycles. The van der Waals surface area contributed by atoms with Crippen LogP contribution in [0.1, 0.15) is 34.6 Å². The minimum atomic E-state index is -0.163. The van der Waals surface area contributed by atoms with Gasteiger partial charge in [0.05, 0.1) is 17.2 Å². The van der Waals surface area contributed by atoms with E-state index >= 15 is 0 Å². The Kier molecular flexibility index (Phi) is 6.07. The number of hydrogen-bond donors (Lipinski definition) is 1. The molecule has 1 saturated heterocycles. The van der Waals surface area contributed by atoms with Crippen molar-refractivity contribution in [2.24, 2.45) is 0 Å². The Morgan fingerprint density at radius 3 is 3.00 bits per heavy atom. The van der Waals surface area contributed by atoms with Crippen molar-refractivity contribution in [1.29, 1.82) is 0 Å². The van der Waals surface area contributed by atoms with E-state index in [0.29, 0.717) is 15.4 Å². The molecule has 5 rings (SSSR count). The minimum absolute atomic E-state index is 0.0369. The number of Topliss-reactive ketones (excluding diaryl/α,β-unsaturated/α-hetero) is 1. The van der Waals surface area contributed by atoms with Gasteiger partial charge in [-0.05, 0) is 44.2 Å². The number of thioether (sulfide) groups is 1. The zero-order chi connectivity index (χ0) is 22.2. The molecule has 0 saturated carbocycles. The molecule has 0 aliphatic carbocycles. The summed E-state index contributed by atoms with van der Waals surface area (Å²) in [4.78, 5) is 34.9. The van der Waals surface area contributed by atoms with Gasteiger partial charge in [-0.15, -0.1) is 22.7 Å². The number of fused-ring (bicyclic) bond motifs is 1. The van der Waals surface area contributed by atoms with Crippen LogP contribution < -0.4 is 5.56 Å². The van der Waals surface area contributed by atoms with Crippen molar-refractivity contribution in [1.82, 2.24) is 14.5 Å². The van der Waals surface area contributed by atoms with E-state index in [0.717, 1.165) is 53.4 Å². The standard InChI is InChI=1S/C23H23N3O3S3/c1-13-9-16(14(2)26(13)10-15-5-3-7-29-15)18(27)12-32-23-24-21(28)20-17(11-31-22(20)25-23)19-6-4-8-30-19/h4,6,8-9,11,15H,3,5,7,10,12H2,1-2H3,(H,24,25,28)/t15-/m1/s1. The predicted octanol–water partition coefficient (Wildman–Crippen LogP) is 5.29. The Bertz CT molecular complexity index is 1330. The zero-order valence-electron chi connectivity index (χ0n) is 17.8. The largest absolute Gasteiger partial charge is 0.376 e. The van der Waals surface area contributed by atoms with E-state index in [9.17, 15) is 9.59 Å². The molecule has 0 unspecified atom stereocenters. The number of aryl methyl sites for hydroxylation is 1. The van der Waals surface area contributed by atoms with E-state index in [1.54, 1.807) is 11.3 Å². The Labute approximate surface area is 197 Å². The molecular formula is C23H23N3O3S3. The Hall–Kier alpha value is -2.20. The summed E-state index contributed by atoms with van der Waals surface area (Å²) in [6, 6.07) is 5.93. The van der Waals surface area contributed by atoms with Crippen molar-refractivity contribution in [3.05, 3.63) is 56.3 Å². The smallest absolute Gasteiger partial charge is 0.260 e. The van der Waals surface area contributed by atoms with Crippen molar-refractivity contribution >= 4 is 50.4 Å². The number of ether oxygens (including phenoxy) is 1. The number of rotatable bonds is 7. The van der Waals surface area contributed by atoms with Crippen LogP contribution in [0.4, 0.5) is 0 Å². The van der Waals surface area contributed by atoms with Crippen molar-refractivity contribution in [2.75, 3.05) is 12.4 Å². The first-order valence-electron chi connectivity index (χ1n) is 10.5. The van der Waals surface area contributed by atoms with Gasteiger partial charge in [0.2, 0.25) is 0 Å². The lowest BCUT2D eigenvalue weighted by molar-refractivity contribution is 0.0957. The Morgan fingerprint density at radius 2 is 2.25 bits per heavy atom. The molecule has 6 nitrogen and oxygen atoms in total. The van der Waals surface area contributed by atoms with E-state index in [4.69, 9.17) is 4.74 Å². The summed E-state index contributed by atoms with van der Waals surface area (Å²) in [5, 5.41) is 5.06. The van der Waals surface area contributed by atoms with Gasteiger partial charge in [-0.25, -0.2) is 4.98 Å². The first-order chi connectivity index (χ1) is 15.5. The van der Waals surface area contributed by atoms with Gasteiger partial charge in [0.25, 0.3) is 5.56 Å². The third kappa shape index (κ3) is 4.10. The molecule has 1 atom stereocenters. The summed E-state index contributed by atoms with van der Waals surface area (Å²) >= 11 is 4.33. The second-order valence-corrected chi connectivity index (χ2v) is 10.7. The van der Waals surface area contributed by atoms with Gasteiger partial charge in [0.15, 0.2) is 10.9 Å². The second-order valence-electron chi connectivity index (χ2n) is 7.92. The molecule has 4 aromatic rings. The van der Waals surface area contributed by atoms with E-state index < -0.39 is 0 Å². The molecule has 0 spiro atoms. The second kappa shape index (κ2) is 8.97. The van der Waals surface area contributed by atoms with Gasteiger partial charge >= 0.3 is 0 Å². The van der Waals surface area contributed by atoms with E-state index in [1.807, 2.05) is 42.8 Å². The highest BCUT2D eigenvalue weighted by Gasteiger charge is 2.21. The summed E-state index contributed by atoms with van der Waals surface area (Å²) in [6.07, 6.45) is 2.39. The van der Waals surface area contributed by atoms with Crippen LogP contribution >= 0.6 is 34.4 Å². The van der Waals surface area contributed by atoms with Crippen LogP contribution in [-0.2, 0) is 11.3 Å². The lowest BCUT2D eigenvalue weighted by atomic mass is 10.2. The molecule has 0 aromatic carbocycles. The fourth-order valence-electron chi connectivity index (χ4n) is 4.18. The van der Waals surface area contributed by atoms with E-state index in [1.165, 1.54) is 23.1 Å². The van der Waals surface area contributed by atoms with Crippen LogP contribution in [0, 0.1) is 13.8 Å². The van der Waals surface area contributed by atoms with Crippen LogP contribution in [0.5, 0.6) is 0 Å². The van der Waals surface area contributed by atoms with Crippen molar-refractivity contribution in [3.8, 4) is 10.4 Å². The molecule has 166 valence electrons. The first-order valence-corrected chi connectivity index (χ1v) is 13.3. The lowest BCUT2D eigenvalue weighted by Crippen LogP contribution is -2.17. The molecule has 0 radical (unpaired) electrons. The molecule has 1 fully saturated rings. The predicted molar refractivity (Wildman–Crippen MR) is 131 cm³/mol. The maximum Gasteiger partial charge on any atom is 0.260 e. The molecule has 1 N–H and O–H groups in total. The van der Waals surface area contributed by atoms with Crippen molar-refractivity contribution in [2.45, 2.75) is 44.5 Å². The molecule has 0 amide bonds. The topological polar surface area (TPSA) is 77.0 Å². The van der Waals surface area contributed by atoms with Crippen LogP contribution in [0.3, 0.4) is 0 Å². The van der Waals surface area contributed by atoms with E-state index in [2.05, 4.69) is 14.5 Å². The highest BCUT2D eigenvalue weighted by Crippen LogP contribution is 2.34. The van der Waals surface area contributed by atoms with Crippen LogP contribution in [0.2, 0.25) is 0 Å². The van der Waals surface area contributed by atoms with Crippen LogP contribution in [0.15, 0.2) is 38.9 Å². The quantitative estimate of drug-likeness (QED) is 0.219. The minimum Gasteiger partial charge on any atom is -0.376 e. The van der Waals surface area contributed by atoms with Gasteiger partial charge in [0.1, 0.15) is 4.83 Å². The Balaban J connectivity index is 1.32. The van der Waals surface area contributed by atoms with Crippen LogP contribution in [0.25, 0.3) is 20.7 Å². The molecule has 32 heavy (non-hydrogen) atoms. The maximum atomic E-state index is 13.0. The monoisotopic (exact) mass is 485 g/mol. The summed E-state index contributed by atoms with van der Waals surface area (Å²) in [6.45, 7) is 5.63. The molecule has 0 bridgehead atoms. The average Bonchev–Trinajstić information content (AvgIpc) is 3.56. The van der Waals surface area contributed by atoms with E-state index in [-0.39, 0.29) is 23.2 Å². The summed E-state index contributed by atoms with van der Waals surface area (Å²) in [5.74, 6) is 0.261. The van der Waals surface area contributed by atoms with Gasteiger partial charge < -0.3 is 14.3 Å². The fourth-order valence-corrected chi connectivity index (χ4v) is 6.74. The normalized spacial score (nSPS) is 16.2. The molecule has 1 aliphatic heterocycles. The number of ketones is 1. The molecule has 9 heteroatoms. The van der Waals surface area contributed by atoms with Gasteiger partial charge in [0, 0.05) is 45.9 Å². The van der Waals surface area contributed by atoms with Crippen LogP contribution in [-0.4, -0.2) is 38.8 Å². The number of thiophene rings is 2. The SMILES string of the molecule is Cc1cc(C(=O)CSc2nc3scc(-c4cccs4)c3c(=O)[nH]2)c(C)n1C[C@H]1CCCO1. The zero-order valence-corrected chi connectivity index (χ0v) is 20.3. The molecule has 4 aromatic heterocycles. The third-order valence-corrected chi connectivity index (χ3v) is 8.48. The van der Waals surface area contributed by atoms with Crippen molar-refractivity contribution in [3.63, 3.8) is 0 Å². The average molecular weight is 486 g/mol. The number of carbonyl (C=O) groups excluding carboxylic acids is 1. The van der Waals surface area contributed by atoms with Gasteiger partial charge in [-0.2, -0.15) is 0 Å². The number of hydrogen-bond acceptors (Lipinski definition) is 7. The summed E-state index contributed by atoms with van der Waals surface area (Å²) in [5.41, 5.74) is 3.52. The number of nitrogens with one attached hydrogen (secondary N) is 1. The highest BCUT2D eigenvalue weighted by molar-refractivity contribution is 7.99. The highest BCUT2D eigenvalue weighted by atomic mass is 32.2.